The fraction of sp³-hybridized carbons (Fsp3) is 1.00. The highest BCUT2D eigenvalue weighted by Crippen LogP contribution is 2.37. The first-order valence-corrected chi connectivity index (χ1v) is 6.89. The minimum atomic E-state index is 0.373. The summed E-state index contributed by atoms with van der Waals surface area (Å²) in [5, 5.41) is 3.89. The molecule has 1 N–H and O–H groups in total. The lowest BCUT2D eigenvalue weighted by atomic mass is 9.78. The van der Waals surface area contributed by atoms with E-state index in [0.29, 0.717) is 11.6 Å². The van der Waals surface area contributed by atoms with Gasteiger partial charge in [-0.1, -0.05) is 6.92 Å². The highest BCUT2D eigenvalue weighted by molar-refractivity contribution is 4.95. The molecule has 0 aromatic heterocycles. The zero-order valence-corrected chi connectivity index (χ0v) is 11.1. The normalized spacial score (nSPS) is 37.3. The molecule has 1 unspecified atom stereocenters. The van der Waals surface area contributed by atoms with Crippen molar-refractivity contribution in [3.05, 3.63) is 0 Å². The second-order valence-electron chi connectivity index (χ2n) is 6.29. The van der Waals surface area contributed by atoms with E-state index < -0.39 is 0 Å². The molecule has 0 spiro atoms. The van der Waals surface area contributed by atoms with Crippen molar-refractivity contribution in [2.45, 2.75) is 64.0 Å². The van der Waals surface area contributed by atoms with Crippen LogP contribution >= 0.6 is 0 Å². The number of hydrogen-bond acceptors (Lipinski definition) is 2. The molecule has 2 aliphatic rings. The van der Waals surface area contributed by atoms with Crippen LogP contribution in [0, 0.1) is 11.8 Å². The third-order valence-electron chi connectivity index (χ3n) is 4.45. The van der Waals surface area contributed by atoms with E-state index in [-0.39, 0.29) is 0 Å². The summed E-state index contributed by atoms with van der Waals surface area (Å²) in [4.78, 5) is 0. The first kappa shape index (κ1) is 12.4. The van der Waals surface area contributed by atoms with Gasteiger partial charge in [-0.2, -0.15) is 0 Å². The Hall–Kier alpha value is -0.0800. The Kier molecular flexibility index (Phi) is 3.91. The Morgan fingerprint density at radius 3 is 2.38 bits per heavy atom. The van der Waals surface area contributed by atoms with Gasteiger partial charge in [-0.25, -0.2) is 0 Å². The molecule has 2 aliphatic carbocycles. The molecule has 0 aromatic carbocycles. The van der Waals surface area contributed by atoms with Crippen molar-refractivity contribution in [2.24, 2.45) is 11.8 Å². The first-order valence-electron chi connectivity index (χ1n) is 6.89. The smallest absolute Gasteiger partial charge is 0.0618 e. The van der Waals surface area contributed by atoms with Gasteiger partial charge in [-0.3, -0.25) is 0 Å². The predicted octanol–water partition coefficient (Wildman–Crippen LogP) is 2.97. The third kappa shape index (κ3) is 3.21. The summed E-state index contributed by atoms with van der Waals surface area (Å²) in [7, 11) is 1.82. The average Bonchev–Trinajstić information content (AvgIpc) is 3.06. The summed E-state index contributed by atoms with van der Waals surface area (Å²) in [5.74, 6) is 1.81. The van der Waals surface area contributed by atoms with E-state index in [9.17, 15) is 0 Å². The maximum atomic E-state index is 5.35. The Morgan fingerprint density at radius 1 is 1.25 bits per heavy atom. The second-order valence-corrected chi connectivity index (χ2v) is 6.29. The Morgan fingerprint density at radius 2 is 1.88 bits per heavy atom. The minimum absolute atomic E-state index is 0.373. The lowest BCUT2D eigenvalue weighted by Gasteiger charge is -2.40. The van der Waals surface area contributed by atoms with Crippen LogP contribution < -0.4 is 5.32 Å². The van der Waals surface area contributed by atoms with Gasteiger partial charge in [0.2, 0.25) is 0 Å². The molecule has 2 nitrogen and oxygen atoms in total. The van der Waals surface area contributed by atoms with Gasteiger partial charge in [-0.05, 0) is 57.3 Å². The van der Waals surface area contributed by atoms with Crippen LogP contribution in [-0.2, 0) is 4.74 Å². The van der Waals surface area contributed by atoms with Crippen LogP contribution in [0.5, 0.6) is 0 Å². The van der Waals surface area contributed by atoms with Crippen LogP contribution in [0.1, 0.15) is 52.4 Å². The van der Waals surface area contributed by atoms with Crippen molar-refractivity contribution < 1.29 is 4.74 Å². The fourth-order valence-electron chi connectivity index (χ4n) is 2.96. The molecule has 2 saturated carbocycles. The SMILES string of the molecule is COCC(NC1(C)CCC(C)CC1)C1CC1. The zero-order chi connectivity index (χ0) is 11.6. The molecule has 2 rings (SSSR count). The molecule has 0 saturated heterocycles. The Balaban J connectivity index is 1.85. The topological polar surface area (TPSA) is 21.3 Å². The van der Waals surface area contributed by atoms with Crippen molar-refractivity contribution in [1.29, 1.82) is 0 Å². The lowest BCUT2D eigenvalue weighted by Crippen LogP contribution is -2.52. The van der Waals surface area contributed by atoms with Crippen LogP contribution in [0.25, 0.3) is 0 Å². The molecule has 0 bridgehead atoms. The third-order valence-corrected chi connectivity index (χ3v) is 4.45. The monoisotopic (exact) mass is 225 g/mol. The molecule has 2 fully saturated rings. The van der Waals surface area contributed by atoms with E-state index in [0.717, 1.165) is 18.4 Å². The largest absolute Gasteiger partial charge is 0.383 e. The van der Waals surface area contributed by atoms with Crippen molar-refractivity contribution in [1.82, 2.24) is 5.32 Å². The molecule has 1 atom stereocenters. The Labute approximate surface area is 100 Å². The van der Waals surface area contributed by atoms with Crippen LogP contribution in [0.2, 0.25) is 0 Å². The van der Waals surface area contributed by atoms with Crippen molar-refractivity contribution in [2.75, 3.05) is 13.7 Å². The molecular weight excluding hydrogens is 198 g/mol. The Bertz CT molecular complexity index is 217. The van der Waals surface area contributed by atoms with Crippen LogP contribution in [0.15, 0.2) is 0 Å². The quantitative estimate of drug-likeness (QED) is 0.776. The number of nitrogens with one attached hydrogen (secondary N) is 1. The molecule has 0 aromatic rings. The predicted molar refractivity (Wildman–Crippen MR) is 67.6 cm³/mol. The maximum Gasteiger partial charge on any atom is 0.0618 e. The van der Waals surface area contributed by atoms with Crippen LogP contribution in [0.4, 0.5) is 0 Å². The van der Waals surface area contributed by atoms with Crippen molar-refractivity contribution >= 4 is 0 Å². The molecule has 0 amide bonds. The van der Waals surface area contributed by atoms with Crippen LogP contribution in [0.3, 0.4) is 0 Å². The highest BCUT2D eigenvalue weighted by Gasteiger charge is 2.37. The van der Waals surface area contributed by atoms with Gasteiger partial charge in [0.15, 0.2) is 0 Å². The summed E-state index contributed by atoms with van der Waals surface area (Å²) < 4.78 is 5.35. The summed E-state index contributed by atoms with van der Waals surface area (Å²) in [6, 6.07) is 0.600. The molecular formula is C14H27NO. The molecule has 0 aliphatic heterocycles. The van der Waals surface area contributed by atoms with Gasteiger partial charge in [0, 0.05) is 18.7 Å². The summed E-state index contributed by atoms with van der Waals surface area (Å²) >= 11 is 0. The summed E-state index contributed by atoms with van der Waals surface area (Å²) in [6.07, 6.45) is 8.23. The van der Waals surface area contributed by atoms with E-state index in [1.807, 2.05) is 7.11 Å². The number of hydrogen-bond donors (Lipinski definition) is 1. The summed E-state index contributed by atoms with van der Waals surface area (Å²) in [5.41, 5.74) is 0.373. The van der Waals surface area contributed by atoms with Gasteiger partial charge in [0.1, 0.15) is 0 Å². The molecule has 94 valence electrons. The maximum absolute atomic E-state index is 5.35. The minimum Gasteiger partial charge on any atom is -0.383 e. The van der Waals surface area contributed by atoms with Crippen molar-refractivity contribution in [3.8, 4) is 0 Å². The fourth-order valence-corrected chi connectivity index (χ4v) is 2.96. The van der Waals surface area contributed by atoms with E-state index in [1.54, 1.807) is 0 Å². The molecule has 2 heteroatoms. The van der Waals surface area contributed by atoms with Gasteiger partial charge < -0.3 is 10.1 Å². The summed E-state index contributed by atoms with van der Waals surface area (Å²) in [6.45, 7) is 5.67. The number of methoxy groups -OCH3 is 1. The molecule has 0 radical (unpaired) electrons. The van der Waals surface area contributed by atoms with Gasteiger partial charge >= 0.3 is 0 Å². The standard InChI is InChI=1S/C14H27NO/c1-11-6-8-14(2,9-7-11)15-13(10-16-3)12-4-5-12/h11-13,15H,4-10H2,1-3H3. The number of rotatable bonds is 5. The van der Waals surface area contributed by atoms with Gasteiger partial charge in [0.25, 0.3) is 0 Å². The van der Waals surface area contributed by atoms with Gasteiger partial charge in [-0.15, -0.1) is 0 Å². The zero-order valence-electron chi connectivity index (χ0n) is 11.1. The second kappa shape index (κ2) is 5.05. The number of ether oxygens (including phenoxy) is 1. The van der Waals surface area contributed by atoms with E-state index in [1.165, 1.54) is 38.5 Å². The highest BCUT2D eigenvalue weighted by atomic mass is 16.5. The first-order chi connectivity index (χ1) is 7.63. The van der Waals surface area contributed by atoms with Gasteiger partial charge in [0.05, 0.1) is 6.61 Å². The molecule has 0 heterocycles. The molecule has 16 heavy (non-hydrogen) atoms. The average molecular weight is 225 g/mol. The van der Waals surface area contributed by atoms with Crippen LogP contribution in [-0.4, -0.2) is 25.3 Å². The lowest BCUT2D eigenvalue weighted by molar-refractivity contribution is 0.117. The van der Waals surface area contributed by atoms with E-state index in [4.69, 9.17) is 4.74 Å². The van der Waals surface area contributed by atoms with E-state index in [2.05, 4.69) is 19.2 Å². The van der Waals surface area contributed by atoms with E-state index >= 15 is 0 Å². The van der Waals surface area contributed by atoms with Crippen molar-refractivity contribution in [3.63, 3.8) is 0 Å².